The summed E-state index contributed by atoms with van der Waals surface area (Å²) in [4.78, 5) is 16.9. The highest BCUT2D eigenvalue weighted by molar-refractivity contribution is 7.91. The fraction of sp³-hybridized carbons (Fsp3) is 0.545. The molecule has 35 heavy (non-hydrogen) atoms. The van der Waals surface area contributed by atoms with Crippen molar-refractivity contribution < 1.29 is 22.6 Å². The van der Waals surface area contributed by atoms with Crippen LogP contribution < -0.4 is 9.47 Å². The van der Waals surface area contributed by atoms with Crippen LogP contribution in [0.5, 0.6) is 11.8 Å². The van der Waals surface area contributed by atoms with Crippen LogP contribution in [-0.2, 0) is 20.3 Å². The van der Waals surface area contributed by atoms with Crippen LogP contribution in [0, 0.1) is 6.92 Å². The maximum absolute atomic E-state index is 13.6. The van der Waals surface area contributed by atoms with Gasteiger partial charge in [-0.05, 0) is 26.7 Å². The van der Waals surface area contributed by atoms with Crippen LogP contribution in [0.25, 0.3) is 5.69 Å². The van der Waals surface area contributed by atoms with Gasteiger partial charge in [0.1, 0.15) is 24.0 Å². The molecule has 0 spiro atoms. The Morgan fingerprint density at radius 1 is 1.03 bits per heavy atom. The minimum atomic E-state index is -3.79. The lowest BCUT2D eigenvalue weighted by Gasteiger charge is -2.26. The summed E-state index contributed by atoms with van der Waals surface area (Å²) < 4.78 is 45.3. The first-order valence-electron chi connectivity index (χ1n) is 11.2. The summed E-state index contributed by atoms with van der Waals surface area (Å²) in [6, 6.07) is 0. The molecule has 3 aromatic rings. The summed E-state index contributed by atoms with van der Waals surface area (Å²) in [5, 5.41) is 7.72. The molecule has 0 N–H and O–H groups in total. The van der Waals surface area contributed by atoms with Gasteiger partial charge in [-0.25, -0.2) is 8.42 Å². The third-order valence-corrected chi connectivity index (χ3v) is 8.30. The van der Waals surface area contributed by atoms with Gasteiger partial charge in [0, 0.05) is 19.2 Å². The molecule has 0 aliphatic heterocycles. The Labute approximate surface area is 204 Å². The van der Waals surface area contributed by atoms with Gasteiger partial charge in [-0.3, -0.25) is 14.5 Å². The highest BCUT2D eigenvalue weighted by atomic mass is 32.2. The van der Waals surface area contributed by atoms with Gasteiger partial charge in [0.15, 0.2) is 21.3 Å². The van der Waals surface area contributed by atoms with E-state index in [0.29, 0.717) is 17.2 Å². The van der Waals surface area contributed by atoms with E-state index in [1.807, 2.05) is 0 Å². The Bertz CT molecular complexity index is 1250. The molecule has 188 valence electrons. The summed E-state index contributed by atoms with van der Waals surface area (Å²) in [7, 11) is 0.609. The molecule has 0 saturated heterocycles. The van der Waals surface area contributed by atoms with Crippen molar-refractivity contribution in [3.8, 4) is 17.4 Å². The molecule has 3 aromatic heterocycles. The molecule has 4 rings (SSSR count). The van der Waals surface area contributed by atoms with E-state index in [1.165, 1.54) is 33.9 Å². The average molecular weight is 504 g/mol. The molecule has 1 aliphatic carbocycles. The van der Waals surface area contributed by atoms with Crippen molar-refractivity contribution in [1.29, 1.82) is 0 Å². The zero-order valence-corrected chi connectivity index (χ0v) is 21.2. The molecule has 2 atom stereocenters. The Hall–Kier alpha value is -3.19. The van der Waals surface area contributed by atoms with Crippen LogP contribution >= 0.6 is 0 Å². The van der Waals surface area contributed by atoms with Crippen molar-refractivity contribution in [3.05, 3.63) is 41.8 Å². The van der Waals surface area contributed by atoms with E-state index >= 15 is 0 Å². The predicted molar refractivity (Wildman–Crippen MR) is 125 cm³/mol. The first-order chi connectivity index (χ1) is 16.8. The van der Waals surface area contributed by atoms with Gasteiger partial charge in [-0.1, -0.05) is 6.42 Å². The van der Waals surface area contributed by atoms with Crippen LogP contribution in [0.2, 0.25) is 0 Å². The zero-order chi connectivity index (χ0) is 25.2. The number of ether oxygens (including phenoxy) is 3. The molecule has 1 aliphatic rings. The van der Waals surface area contributed by atoms with E-state index in [9.17, 15) is 8.42 Å². The van der Waals surface area contributed by atoms with Crippen LogP contribution in [0.3, 0.4) is 0 Å². The van der Waals surface area contributed by atoms with Crippen LogP contribution in [0.15, 0.2) is 18.7 Å². The van der Waals surface area contributed by atoms with Crippen molar-refractivity contribution in [2.45, 2.75) is 56.1 Å². The topological polar surface area (TPSA) is 144 Å². The van der Waals surface area contributed by atoms with Crippen molar-refractivity contribution in [2.24, 2.45) is 0 Å². The molecule has 0 aromatic carbocycles. The van der Waals surface area contributed by atoms with Gasteiger partial charge in [-0.2, -0.15) is 9.97 Å². The molecule has 0 unspecified atom stereocenters. The molecule has 0 amide bonds. The first kappa shape index (κ1) is 24.9. The monoisotopic (exact) mass is 503 g/mol. The number of nitrogens with zero attached hydrogens (tertiary/aromatic N) is 7. The van der Waals surface area contributed by atoms with Crippen LogP contribution in [0.4, 0.5) is 0 Å². The van der Waals surface area contributed by atoms with E-state index in [-0.39, 0.29) is 23.5 Å². The zero-order valence-electron chi connectivity index (χ0n) is 20.4. The summed E-state index contributed by atoms with van der Waals surface area (Å²) >= 11 is 0. The number of rotatable bonds is 10. The average Bonchev–Trinajstić information content (AvgIpc) is 3.20. The van der Waals surface area contributed by atoms with Gasteiger partial charge < -0.3 is 14.2 Å². The fourth-order valence-corrected chi connectivity index (χ4v) is 5.47. The van der Waals surface area contributed by atoms with Gasteiger partial charge in [0.25, 0.3) is 0 Å². The van der Waals surface area contributed by atoms with Crippen molar-refractivity contribution in [3.63, 3.8) is 0 Å². The maximum Gasteiger partial charge on any atom is 0.245 e. The standard InChI is InChI=1S/C22H29N7O5S/c1-13-9-24-16(10-23-13)19(32-3)14(2)35(30,31)11-17-27-28-20(15-7-6-8-15)29(17)18-21(33-4)25-12-26-22(18)34-5/h9-10,12,14-15,19H,6-8,11H2,1-5H3/t14-,19-/m0/s1. The Morgan fingerprint density at radius 3 is 2.23 bits per heavy atom. The number of methoxy groups -OCH3 is 3. The van der Waals surface area contributed by atoms with Gasteiger partial charge in [0.2, 0.25) is 11.8 Å². The van der Waals surface area contributed by atoms with Crippen molar-refractivity contribution in [2.75, 3.05) is 21.3 Å². The molecule has 0 radical (unpaired) electrons. The summed E-state index contributed by atoms with van der Waals surface area (Å²) in [6.07, 6.45) is 6.54. The molecule has 0 bridgehead atoms. The molecular weight excluding hydrogens is 474 g/mol. The summed E-state index contributed by atoms with van der Waals surface area (Å²) in [6.45, 7) is 3.40. The highest BCUT2D eigenvalue weighted by Crippen LogP contribution is 2.40. The summed E-state index contributed by atoms with van der Waals surface area (Å²) in [5.74, 6) is 1.06. The maximum atomic E-state index is 13.6. The fourth-order valence-electron chi connectivity index (χ4n) is 4.04. The van der Waals surface area contributed by atoms with E-state index in [1.54, 1.807) is 24.6 Å². The number of hydrogen-bond acceptors (Lipinski definition) is 11. The van der Waals surface area contributed by atoms with Gasteiger partial charge in [-0.15, -0.1) is 10.2 Å². The second kappa shape index (κ2) is 10.2. The number of aryl methyl sites for hydroxylation is 1. The number of sulfone groups is 1. The van der Waals surface area contributed by atoms with Crippen LogP contribution in [-0.4, -0.2) is 69.7 Å². The Balaban J connectivity index is 1.76. The van der Waals surface area contributed by atoms with E-state index in [2.05, 4.69) is 30.1 Å². The normalized spacial score (nSPS) is 15.9. The van der Waals surface area contributed by atoms with Crippen molar-refractivity contribution in [1.82, 2.24) is 34.7 Å². The van der Waals surface area contributed by atoms with Gasteiger partial charge >= 0.3 is 0 Å². The molecular formula is C22H29N7O5S. The quantitative estimate of drug-likeness (QED) is 0.401. The van der Waals surface area contributed by atoms with E-state index < -0.39 is 26.9 Å². The largest absolute Gasteiger partial charge is 0.479 e. The molecule has 1 saturated carbocycles. The third kappa shape index (κ3) is 4.82. The minimum absolute atomic E-state index is 0.139. The predicted octanol–water partition coefficient (Wildman–Crippen LogP) is 2.13. The minimum Gasteiger partial charge on any atom is -0.479 e. The van der Waals surface area contributed by atoms with Gasteiger partial charge in [0.05, 0.1) is 37.1 Å². The second-order valence-electron chi connectivity index (χ2n) is 8.43. The highest BCUT2D eigenvalue weighted by Gasteiger charge is 2.36. The lowest BCUT2D eigenvalue weighted by atomic mass is 9.85. The summed E-state index contributed by atoms with van der Waals surface area (Å²) in [5.41, 5.74) is 1.53. The Morgan fingerprint density at radius 2 is 1.71 bits per heavy atom. The lowest BCUT2D eigenvalue weighted by Crippen LogP contribution is -2.30. The van der Waals surface area contributed by atoms with E-state index in [0.717, 1.165) is 25.0 Å². The lowest BCUT2D eigenvalue weighted by molar-refractivity contribution is 0.0983. The van der Waals surface area contributed by atoms with Crippen LogP contribution in [0.1, 0.15) is 61.2 Å². The number of hydrogen-bond donors (Lipinski definition) is 0. The smallest absolute Gasteiger partial charge is 0.245 e. The van der Waals surface area contributed by atoms with E-state index in [4.69, 9.17) is 14.2 Å². The number of aromatic nitrogens is 7. The molecule has 3 heterocycles. The Kier molecular flexibility index (Phi) is 7.26. The second-order valence-corrected chi connectivity index (χ2v) is 10.8. The molecule has 13 heteroatoms. The molecule has 1 fully saturated rings. The SMILES string of the molecule is COc1ncnc(OC)c1-n1c(CS(=O)(=O)[C@@H](C)[C@H](OC)c2cnc(C)cn2)nnc1C1CCC1. The third-order valence-electron chi connectivity index (χ3n) is 6.26. The first-order valence-corrected chi connectivity index (χ1v) is 12.9. The van der Waals surface area contributed by atoms with Crippen molar-refractivity contribution >= 4 is 9.84 Å². The molecule has 12 nitrogen and oxygen atoms in total.